The smallest absolute Gasteiger partial charge is 0.0629 e. The number of benzene rings is 9. The van der Waals surface area contributed by atoms with Gasteiger partial charge in [-0.15, -0.1) is 0 Å². The summed E-state index contributed by atoms with van der Waals surface area (Å²) in [5.41, 5.74) is 10.6. The van der Waals surface area contributed by atoms with E-state index in [1.165, 1.54) is 11.1 Å². The Labute approximate surface area is 306 Å². The van der Waals surface area contributed by atoms with Gasteiger partial charge in [-0.2, -0.15) is 0 Å². The summed E-state index contributed by atoms with van der Waals surface area (Å²) < 4.78 is 42.3. The van der Waals surface area contributed by atoms with E-state index in [0.29, 0.717) is 5.56 Å². The first kappa shape index (κ1) is 25.3. The van der Waals surface area contributed by atoms with Gasteiger partial charge in [-0.25, -0.2) is 0 Å². The molecule has 0 heterocycles. The summed E-state index contributed by atoms with van der Waals surface area (Å²) in [7, 11) is 0. The van der Waals surface area contributed by atoms with Crippen LogP contribution in [0.3, 0.4) is 0 Å². The number of fused-ring (bicyclic) bond motifs is 3. The fourth-order valence-corrected chi connectivity index (χ4v) is 7.00. The van der Waals surface area contributed by atoms with Crippen molar-refractivity contribution < 1.29 is 6.85 Å². The first-order chi connectivity index (χ1) is 27.4. The molecule has 0 saturated carbocycles. The molecule has 0 aromatic heterocycles. The normalized spacial score (nSPS) is 12.5. The van der Waals surface area contributed by atoms with Crippen LogP contribution in [-0.4, -0.2) is 0 Å². The van der Waals surface area contributed by atoms with Crippen LogP contribution in [0.1, 0.15) is 6.85 Å². The van der Waals surface area contributed by atoms with Gasteiger partial charge in [0.15, 0.2) is 0 Å². The van der Waals surface area contributed by atoms with Crippen LogP contribution in [0.4, 0.5) is 17.1 Å². The monoisotopic (exact) mass is 654 g/mol. The summed E-state index contributed by atoms with van der Waals surface area (Å²) in [5, 5.41) is 3.75. The van der Waals surface area contributed by atoms with E-state index >= 15 is 0 Å². The minimum atomic E-state index is -0.397. The van der Waals surface area contributed by atoms with Crippen LogP contribution in [-0.2, 0) is 0 Å². The summed E-state index contributed by atoms with van der Waals surface area (Å²) in [4.78, 5) is 2.27. The molecule has 9 aromatic rings. The van der Waals surface area contributed by atoms with E-state index in [0.717, 1.165) is 60.9 Å². The Morgan fingerprint density at radius 3 is 1.27 bits per heavy atom. The van der Waals surface area contributed by atoms with Crippen molar-refractivity contribution in [3.8, 4) is 44.5 Å². The molecule has 0 radical (unpaired) electrons. The zero-order valence-electron chi connectivity index (χ0n) is 32.8. The second-order valence-electron chi connectivity index (χ2n) is 12.6. The Kier molecular flexibility index (Phi) is 6.60. The number of anilines is 3. The molecule has 0 aliphatic rings. The molecule has 0 atom stereocenters. The molecule has 1 nitrogen and oxygen atoms in total. The van der Waals surface area contributed by atoms with Crippen LogP contribution in [0.5, 0.6) is 0 Å². The summed E-state index contributed by atoms with van der Waals surface area (Å²) in [6, 6.07) is 61.4. The third-order valence-electron chi connectivity index (χ3n) is 9.55. The Morgan fingerprint density at radius 1 is 0.314 bits per heavy atom. The molecule has 0 saturated heterocycles. The SMILES string of the molecule is [2H]c1c([2H])c([2H])c(-c2cc3cc(-c4ccc(N(c5ccc(-c6ccccc6)cc5)c5ccc(-c6ccccc6)cc5)cc4)ccc3c3ccccc23)c([2H])c1[2H]. The summed E-state index contributed by atoms with van der Waals surface area (Å²) in [6.07, 6.45) is 0. The zero-order chi connectivity index (χ0) is 38.3. The average molecular weight is 655 g/mol. The molecule has 51 heavy (non-hydrogen) atoms. The molecule has 0 aliphatic carbocycles. The van der Waals surface area contributed by atoms with E-state index in [9.17, 15) is 0 Å². The topological polar surface area (TPSA) is 3.24 Å². The van der Waals surface area contributed by atoms with Gasteiger partial charge in [0.2, 0.25) is 0 Å². The predicted molar refractivity (Wildman–Crippen MR) is 218 cm³/mol. The Morgan fingerprint density at radius 2 is 0.745 bits per heavy atom. The van der Waals surface area contributed by atoms with Gasteiger partial charge >= 0.3 is 0 Å². The van der Waals surface area contributed by atoms with Crippen LogP contribution in [0.25, 0.3) is 66.1 Å². The quantitative estimate of drug-likeness (QED) is 0.155. The lowest BCUT2D eigenvalue weighted by molar-refractivity contribution is 1.28. The largest absolute Gasteiger partial charge is 0.311 e. The highest BCUT2D eigenvalue weighted by atomic mass is 15.1. The number of nitrogens with zero attached hydrogens (tertiary/aromatic N) is 1. The summed E-state index contributed by atoms with van der Waals surface area (Å²) in [6.45, 7) is 0. The molecule has 0 N–H and O–H groups in total. The van der Waals surface area contributed by atoms with E-state index in [1.807, 2.05) is 42.5 Å². The standard InChI is InChI=1S/C50H35N/c1-4-12-36(13-5-1)38-20-27-44(28-21-38)51(45-29-22-39(23-30-45)37-14-6-2-7-15-37)46-31-24-40(25-32-46)42-26-33-47-43(34-42)35-50(41-16-8-3-9-17-41)49-19-11-10-18-48(47)49/h1-35H/i3D,8D,9D,16D,17D. The first-order valence-corrected chi connectivity index (χ1v) is 17.1. The number of hydrogen-bond donors (Lipinski definition) is 0. The van der Waals surface area contributed by atoms with Crippen molar-refractivity contribution in [2.75, 3.05) is 4.90 Å². The van der Waals surface area contributed by atoms with Gasteiger partial charge < -0.3 is 4.90 Å². The Hall–Kier alpha value is -6.70. The minimum Gasteiger partial charge on any atom is -0.311 e. The first-order valence-electron chi connectivity index (χ1n) is 19.6. The van der Waals surface area contributed by atoms with E-state index in [4.69, 9.17) is 6.85 Å². The maximum absolute atomic E-state index is 8.74. The zero-order valence-corrected chi connectivity index (χ0v) is 27.8. The van der Waals surface area contributed by atoms with Gasteiger partial charge in [-0.3, -0.25) is 0 Å². The fourth-order valence-electron chi connectivity index (χ4n) is 7.00. The van der Waals surface area contributed by atoms with Gasteiger partial charge in [0, 0.05) is 17.1 Å². The lowest BCUT2D eigenvalue weighted by atomic mass is 9.91. The van der Waals surface area contributed by atoms with Crippen molar-refractivity contribution in [2.45, 2.75) is 0 Å². The molecule has 0 fully saturated rings. The molecule has 0 spiro atoms. The molecule has 9 aromatic carbocycles. The Bertz CT molecular complexity index is 2760. The van der Waals surface area contributed by atoms with Crippen molar-refractivity contribution in [3.63, 3.8) is 0 Å². The molecule has 0 amide bonds. The van der Waals surface area contributed by atoms with Gasteiger partial charge in [0.1, 0.15) is 0 Å². The van der Waals surface area contributed by atoms with Crippen LogP contribution < -0.4 is 4.90 Å². The highest BCUT2D eigenvalue weighted by Gasteiger charge is 2.15. The molecule has 240 valence electrons. The summed E-state index contributed by atoms with van der Waals surface area (Å²) >= 11 is 0. The molecule has 9 rings (SSSR count). The van der Waals surface area contributed by atoms with Crippen LogP contribution in [0.15, 0.2) is 212 Å². The van der Waals surface area contributed by atoms with Crippen molar-refractivity contribution >= 4 is 38.6 Å². The van der Waals surface area contributed by atoms with Crippen LogP contribution in [0, 0.1) is 0 Å². The van der Waals surface area contributed by atoms with Gasteiger partial charge in [0.05, 0.1) is 6.85 Å². The second kappa shape index (κ2) is 13.3. The third kappa shape index (κ3) is 5.96. The molecular weight excluding hydrogens is 615 g/mol. The van der Waals surface area contributed by atoms with E-state index in [1.54, 1.807) is 0 Å². The fraction of sp³-hybridized carbons (Fsp3) is 0. The maximum atomic E-state index is 8.74. The molecule has 1 heteroatoms. The van der Waals surface area contributed by atoms with E-state index < -0.39 is 6.04 Å². The molecule has 0 bridgehead atoms. The third-order valence-corrected chi connectivity index (χ3v) is 9.55. The van der Waals surface area contributed by atoms with E-state index in [2.05, 4.69) is 144 Å². The van der Waals surface area contributed by atoms with Crippen molar-refractivity contribution in [1.82, 2.24) is 0 Å². The average Bonchev–Trinajstić information content (AvgIpc) is 3.26. The molecular formula is C50H35N. The summed E-state index contributed by atoms with van der Waals surface area (Å²) in [5.74, 6) is 0. The predicted octanol–water partition coefficient (Wildman–Crippen LogP) is 14.1. The van der Waals surface area contributed by atoms with Gasteiger partial charge in [-0.1, -0.05) is 164 Å². The van der Waals surface area contributed by atoms with Crippen LogP contribution >= 0.6 is 0 Å². The Balaban J connectivity index is 1.12. The van der Waals surface area contributed by atoms with Crippen molar-refractivity contribution in [3.05, 3.63) is 212 Å². The maximum Gasteiger partial charge on any atom is 0.0629 e. The van der Waals surface area contributed by atoms with E-state index in [-0.39, 0.29) is 29.7 Å². The number of rotatable bonds is 7. The van der Waals surface area contributed by atoms with Gasteiger partial charge in [-0.05, 0) is 115 Å². The lowest BCUT2D eigenvalue weighted by Gasteiger charge is -2.26. The highest BCUT2D eigenvalue weighted by Crippen LogP contribution is 2.39. The van der Waals surface area contributed by atoms with Crippen LogP contribution in [0.2, 0.25) is 0 Å². The second-order valence-corrected chi connectivity index (χ2v) is 12.6. The molecule has 0 unspecified atom stereocenters. The van der Waals surface area contributed by atoms with Gasteiger partial charge in [0.25, 0.3) is 0 Å². The highest BCUT2D eigenvalue weighted by molar-refractivity contribution is 6.14. The number of hydrogen-bond acceptors (Lipinski definition) is 1. The van der Waals surface area contributed by atoms with Crippen molar-refractivity contribution in [2.24, 2.45) is 0 Å². The van der Waals surface area contributed by atoms with Crippen molar-refractivity contribution in [1.29, 1.82) is 0 Å². The lowest BCUT2D eigenvalue weighted by Crippen LogP contribution is -2.09. The minimum absolute atomic E-state index is 0.206. The molecule has 0 aliphatic heterocycles.